The summed E-state index contributed by atoms with van der Waals surface area (Å²) >= 11 is 0. The number of nitrogens with zero attached hydrogens (tertiary/aromatic N) is 4. The van der Waals surface area contributed by atoms with Crippen molar-refractivity contribution in [2.24, 2.45) is 20.0 Å². The third-order valence-electron chi connectivity index (χ3n) is 6.85. The van der Waals surface area contributed by atoms with Gasteiger partial charge in [-0.1, -0.05) is 121 Å². The predicted octanol–water partition coefficient (Wildman–Crippen LogP) is 7.52. The van der Waals surface area contributed by atoms with Crippen molar-refractivity contribution in [3.63, 3.8) is 0 Å². The third kappa shape index (κ3) is 7.35. The maximum Gasteiger partial charge on any atom is 0.0904 e. The van der Waals surface area contributed by atoms with Crippen molar-refractivity contribution < 1.29 is 0 Å². The van der Waals surface area contributed by atoms with Crippen molar-refractivity contribution in [1.82, 2.24) is 0 Å². The molecule has 0 saturated heterocycles. The first kappa shape index (κ1) is 27.1. The largest absolute Gasteiger partial charge is 0.282 e. The Kier molecular flexibility index (Phi) is 9.93. The highest BCUT2D eigenvalue weighted by molar-refractivity contribution is 6.54. The van der Waals surface area contributed by atoms with Gasteiger partial charge in [-0.2, -0.15) is 0 Å². The van der Waals surface area contributed by atoms with Crippen LogP contribution in [0.4, 0.5) is 0 Å². The molecule has 0 spiro atoms. The maximum absolute atomic E-state index is 5.13. The molecule has 0 radical (unpaired) electrons. The Labute approximate surface area is 238 Å². The van der Waals surface area contributed by atoms with E-state index in [1.54, 1.807) is 0 Å². The molecule has 200 valence electrons. The molecule has 5 rings (SSSR count). The molecule has 1 aliphatic heterocycles. The summed E-state index contributed by atoms with van der Waals surface area (Å²) in [5.74, 6) is 0. The molecular formula is C36H36N4. The zero-order chi connectivity index (χ0) is 27.2. The van der Waals surface area contributed by atoms with Gasteiger partial charge in [0.2, 0.25) is 0 Å². The molecule has 0 bridgehead atoms. The first-order valence-electron chi connectivity index (χ1n) is 14.3. The second-order valence-electron chi connectivity index (χ2n) is 9.80. The van der Waals surface area contributed by atoms with E-state index in [1.807, 2.05) is 24.3 Å². The van der Waals surface area contributed by atoms with Crippen molar-refractivity contribution in [3.05, 3.63) is 144 Å². The Morgan fingerprint density at radius 3 is 0.675 bits per heavy atom. The van der Waals surface area contributed by atoms with Gasteiger partial charge in [0.05, 0.1) is 22.8 Å². The van der Waals surface area contributed by atoms with Crippen LogP contribution in [-0.2, 0) is 0 Å². The molecule has 0 N–H and O–H groups in total. The van der Waals surface area contributed by atoms with Crippen LogP contribution in [0.25, 0.3) is 0 Å². The zero-order valence-electron chi connectivity index (χ0n) is 23.0. The highest BCUT2D eigenvalue weighted by Crippen LogP contribution is 2.14. The SMILES string of the molecule is c1ccc(C2=NCCCCN=C(c3ccccc3)C(c3ccccc3)=NCCCCN=C2c2ccccc2)cc1. The topological polar surface area (TPSA) is 49.4 Å². The number of rotatable bonds is 4. The number of hydrogen-bond donors (Lipinski definition) is 0. The first-order valence-corrected chi connectivity index (χ1v) is 14.3. The summed E-state index contributed by atoms with van der Waals surface area (Å²) < 4.78 is 0. The summed E-state index contributed by atoms with van der Waals surface area (Å²) in [5, 5.41) is 0. The van der Waals surface area contributed by atoms with Crippen LogP contribution in [0.5, 0.6) is 0 Å². The molecule has 40 heavy (non-hydrogen) atoms. The van der Waals surface area contributed by atoms with E-state index in [0.29, 0.717) is 0 Å². The van der Waals surface area contributed by atoms with E-state index in [1.165, 1.54) is 0 Å². The summed E-state index contributed by atoms with van der Waals surface area (Å²) in [7, 11) is 0. The molecule has 0 amide bonds. The minimum atomic E-state index is 0.728. The van der Waals surface area contributed by atoms with Gasteiger partial charge in [-0.25, -0.2) is 0 Å². The summed E-state index contributed by atoms with van der Waals surface area (Å²) in [6.07, 6.45) is 3.78. The maximum atomic E-state index is 5.13. The summed E-state index contributed by atoms with van der Waals surface area (Å²) in [6, 6.07) is 41.8. The molecule has 0 fully saturated rings. The van der Waals surface area contributed by atoms with Crippen LogP contribution >= 0.6 is 0 Å². The Balaban J connectivity index is 1.48. The molecule has 0 unspecified atom stereocenters. The third-order valence-corrected chi connectivity index (χ3v) is 6.85. The van der Waals surface area contributed by atoms with Gasteiger partial charge in [-0.3, -0.25) is 20.0 Å². The van der Waals surface area contributed by atoms with E-state index in [9.17, 15) is 0 Å². The fraction of sp³-hybridized carbons (Fsp3) is 0.222. The Morgan fingerprint density at radius 2 is 0.475 bits per heavy atom. The van der Waals surface area contributed by atoms with E-state index < -0.39 is 0 Å². The highest BCUT2D eigenvalue weighted by Gasteiger charge is 2.16. The average molecular weight is 525 g/mol. The molecule has 4 aromatic rings. The smallest absolute Gasteiger partial charge is 0.0904 e. The van der Waals surface area contributed by atoms with E-state index in [2.05, 4.69) is 97.1 Å². The van der Waals surface area contributed by atoms with Crippen molar-refractivity contribution in [3.8, 4) is 0 Å². The average Bonchev–Trinajstić information content (AvgIpc) is 3.02. The van der Waals surface area contributed by atoms with Gasteiger partial charge >= 0.3 is 0 Å². The standard InChI is InChI=1S/C36H36N4/c1-5-17-29(18-6-1)33-34(30-19-7-2-8-20-30)38-26-15-16-28-40-36(32-23-11-4-12-24-32)35(31-21-9-3-10-22-31)39-27-14-13-25-37-33/h1-12,17-24H,13-16,25-28H2. The second-order valence-corrected chi connectivity index (χ2v) is 9.80. The van der Waals surface area contributed by atoms with Crippen molar-refractivity contribution >= 4 is 22.8 Å². The van der Waals surface area contributed by atoms with Gasteiger partial charge in [0, 0.05) is 48.4 Å². The predicted molar refractivity (Wildman–Crippen MR) is 170 cm³/mol. The summed E-state index contributed by atoms with van der Waals surface area (Å²) in [5.41, 5.74) is 8.29. The van der Waals surface area contributed by atoms with Crippen LogP contribution in [0, 0.1) is 0 Å². The lowest BCUT2D eigenvalue weighted by Gasteiger charge is -2.14. The zero-order valence-corrected chi connectivity index (χ0v) is 23.0. The molecule has 0 aromatic heterocycles. The molecule has 1 heterocycles. The molecule has 0 saturated carbocycles. The monoisotopic (exact) mass is 524 g/mol. The molecular weight excluding hydrogens is 488 g/mol. The van der Waals surface area contributed by atoms with Crippen LogP contribution in [0.3, 0.4) is 0 Å². The van der Waals surface area contributed by atoms with Crippen LogP contribution < -0.4 is 0 Å². The van der Waals surface area contributed by atoms with Crippen molar-refractivity contribution in [2.75, 3.05) is 26.2 Å². The van der Waals surface area contributed by atoms with E-state index >= 15 is 0 Å². The minimum absolute atomic E-state index is 0.728. The highest BCUT2D eigenvalue weighted by atomic mass is 14.8. The summed E-state index contributed by atoms with van der Waals surface area (Å²) in [4.78, 5) is 20.5. The van der Waals surface area contributed by atoms with Crippen molar-refractivity contribution in [1.29, 1.82) is 0 Å². The summed E-state index contributed by atoms with van der Waals surface area (Å²) in [6.45, 7) is 2.91. The molecule has 4 aromatic carbocycles. The van der Waals surface area contributed by atoms with Gasteiger partial charge in [0.25, 0.3) is 0 Å². The van der Waals surface area contributed by atoms with Gasteiger partial charge in [0.1, 0.15) is 0 Å². The Bertz CT molecular complexity index is 1220. The van der Waals surface area contributed by atoms with Gasteiger partial charge in [-0.15, -0.1) is 0 Å². The molecule has 1 aliphatic rings. The molecule has 4 nitrogen and oxygen atoms in total. The fourth-order valence-corrected chi connectivity index (χ4v) is 4.81. The Morgan fingerprint density at radius 1 is 0.275 bits per heavy atom. The van der Waals surface area contributed by atoms with Gasteiger partial charge < -0.3 is 0 Å². The van der Waals surface area contributed by atoms with E-state index in [-0.39, 0.29) is 0 Å². The Hall–Kier alpha value is -4.44. The minimum Gasteiger partial charge on any atom is -0.282 e. The fourth-order valence-electron chi connectivity index (χ4n) is 4.81. The van der Waals surface area contributed by atoms with E-state index in [0.717, 1.165) is 97.0 Å². The van der Waals surface area contributed by atoms with Crippen LogP contribution in [0.2, 0.25) is 0 Å². The normalized spacial score (nSPS) is 15.8. The lowest BCUT2D eigenvalue weighted by molar-refractivity contribution is 0.753. The van der Waals surface area contributed by atoms with Gasteiger partial charge in [0.15, 0.2) is 0 Å². The lowest BCUT2D eigenvalue weighted by Crippen LogP contribution is -2.20. The van der Waals surface area contributed by atoms with Crippen LogP contribution in [0.1, 0.15) is 47.9 Å². The molecule has 0 aliphatic carbocycles. The second kappa shape index (κ2) is 14.6. The van der Waals surface area contributed by atoms with Gasteiger partial charge in [-0.05, 0) is 25.7 Å². The lowest BCUT2D eigenvalue weighted by atomic mass is 9.99. The van der Waals surface area contributed by atoms with Crippen LogP contribution in [-0.4, -0.2) is 49.0 Å². The first-order chi connectivity index (χ1) is 19.9. The number of hydrogen-bond acceptors (Lipinski definition) is 4. The van der Waals surface area contributed by atoms with Crippen LogP contribution in [0.15, 0.2) is 141 Å². The molecule has 4 heteroatoms. The van der Waals surface area contributed by atoms with Crippen molar-refractivity contribution in [2.45, 2.75) is 25.7 Å². The molecule has 0 atom stereocenters. The quantitative estimate of drug-likeness (QED) is 0.265. The number of aliphatic imine (C=N–C) groups is 4. The van der Waals surface area contributed by atoms with E-state index in [4.69, 9.17) is 20.0 Å². The number of benzene rings is 4.